The lowest BCUT2D eigenvalue weighted by molar-refractivity contribution is 0.584. The van der Waals surface area contributed by atoms with Gasteiger partial charge in [-0.15, -0.1) is 11.3 Å². The Hall–Kier alpha value is -0.600. The number of azide groups is 1. The van der Waals surface area contributed by atoms with Gasteiger partial charge in [-0.1, -0.05) is 5.11 Å². The number of halogens is 1. The van der Waals surface area contributed by atoms with Crippen LogP contribution in [0.1, 0.15) is 5.56 Å². The summed E-state index contributed by atoms with van der Waals surface area (Å²) in [6.07, 6.45) is 0. The summed E-state index contributed by atoms with van der Waals surface area (Å²) >= 11 is 4.41. The van der Waals surface area contributed by atoms with Crippen LogP contribution in [-0.4, -0.2) is 21.5 Å². The first-order valence-electron chi connectivity index (χ1n) is 4.24. The highest BCUT2D eigenvalue weighted by molar-refractivity contribution is 9.11. The molecule has 0 radical (unpaired) electrons. The summed E-state index contributed by atoms with van der Waals surface area (Å²) in [6, 6.07) is 1.59. The first-order valence-corrected chi connectivity index (χ1v) is 7.33. The highest BCUT2D eigenvalue weighted by atomic mass is 79.9. The van der Waals surface area contributed by atoms with Gasteiger partial charge < -0.3 is 0 Å². The third kappa shape index (κ3) is 3.46. The summed E-state index contributed by atoms with van der Waals surface area (Å²) < 4.78 is 26.8. The van der Waals surface area contributed by atoms with Crippen molar-refractivity contribution in [3.8, 4) is 0 Å². The van der Waals surface area contributed by atoms with Crippen LogP contribution in [0.5, 0.6) is 0 Å². The molecule has 0 aliphatic heterocycles. The second-order valence-electron chi connectivity index (χ2n) is 2.87. The van der Waals surface area contributed by atoms with E-state index in [4.69, 9.17) is 5.53 Å². The molecular weight excluding hydrogens is 316 g/mol. The van der Waals surface area contributed by atoms with Crippen molar-refractivity contribution >= 4 is 37.3 Å². The minimum atomic E-state index is -3.49. The molecule has 16 heavy (non-hydrogen) atoms. The quantitative estimate of drug-likeness (QED) is 0.389. The molecule has 1 rings (SSSR count). The molecule has 0 amide bonds. The zero-order valence-corrected chi connectivity index (χ0v) is 11.6. The van der Waals surface area contributed by atoms with Crippen LogP contribution in [0.3, 0.4) is 0 Å². The van der Waals surface area contributed by atoms with Crippen LogP contribution >= 0.6 is 27.3 Å². The fourth-order valence-electron chi connectivity index (χ4n) is 0.910. The van der Waals surface area contributed by atoms with Gasteiger partial charge in [0.1, 0.15) is 4.21 Å². The number of nitrogens with zero attached hydrogens (tertiary/aromatic N) is 3. The van der Waals surface area contributed by atoms with E-state index in [0.29, 0.717) is 0 Å². The monoisotopic (exact) mass is 324 g/mol. The molecule has 0 atom stereocenters. The second-order valence-corrected chi connectivity index (χ2v) is 7.24. The van der Waals surface area contributed by atoms with Gasteiger partial charge in [-0.05, 0) is 40.0 Å². The molecule has 0 aromatic carbocycles. The molecule has 0 fully saturated rings. The molecular formula is C7H9BrN4O2S2. The Labute approximate surface area is 105 Å². The standard InChI is InChI=1S/C7H9BrN4O2S2/c1-5-4-6(15-7(5)8)16(13,14)11-3-2-10-12-9/h4,11H,2-3H2,1H3. The van der Waals surface area contributed by atoms with Crippen molar-refractivity contribution in [1.82, 2.24) is 4.72 Å². The van der Waals surface area contributed by atoms with E-state index in [-0.39, 0.29) is 17.3 Å². The molecule has 0 aliphatic rings. The van der Waals surface area contributed by atoms with Crippen molar-refractivity contribution in [2.75, 3.05) is 13.1 Å². The van der Waals surface area contributed by atoms with Crippen LogP contribution in [0.4, 0.5) is 0 Å². The van der Waals surface area contributed by atoms with E-state index < -0.39 is 10.0 Å². The van der Waals surface area contributed by atoms with Gasteiger partial charge in [-0.3, -0.25) is 0 Å². The molecule has 0 saturated carbocycles. The Morgan fingerprint density at radius 1 is 1.69 bits per heavy atom. The van der Waals surface area contributed by atoms with E-state index in [2.05, 4.69) is 30.7 Å². The molecule has 1 N–H and O–H groups in total. The van der Waals surface area contributed by atoms with E-state index in [1.54, 1.807) is 6.07 Å². The zero-order chi connectivity index (χ0) is 12.2. The Bertz CT molecular complexity index is 499. The lowest BCUT2D eigenvalue weighted by Gasteiger charge is -2.01. The Kier molecular flexibility index (Phi) is 4.75. The second kappa shape index (κ2) is 5.65. The normalized spacial score (nSPS) is 11.1. The van der Waals surface area contributed by atoms with Gasteiger partial charge in [0.05, 0.1) is 3.79 Å². The average Bonchev–Trinajstić information content (AvgIpc) is 2.55. The first-order chi connectivity index (χ1) is 7.47. The maximum Gasteiger partial charge on any atom is 0.250 e. The molecule has 0 bridgehead atoms. The molecule has 0 saturated heterocycles. The lowest BCUT2D eigenvalue weighted by Crippen LogP contribution is -2.25. The smallest absolute Gasteiger partial charge is 0.210 e. The number of hydrogen-bond acceptors (Lipinski definition) is 4. The molecule has 0 spiro atoms. The predicted octanol–water partition coefficient (Wildman–Crippen LogP) is 2.41. The molecule has 0 unspecified atom stereocenters. The number of rotatable bonds is 5. The van der Waals surface area contributed by atoms with E-state index in [0.717, 1.165) is 20.7 Å². The predicted molar refractivity (Wildman–Crippen MR) is 66.0 cm³/mol. The minimum Gasteiger partial charge on any atom is -0.210 e. The van der Waals surface area contributed by atoms with Crippen molar-refractivity contribution in [2.24, 2.45) is 5.11 Å². The first kappa shape index (κ1) is 13.5. The van der Waals surface area contributed by atoms with Gasteiger partial charge in [-0.25, -0.2) is 13.1 Å². The molecule has 6 nitrogen and oxygen atoms in total. The number of hydrogen-bond donors (Lipinski definition) is 1. The highest BCUT2D eigenvalue weighted by Crippen LogP contribution is 2.30. The highest BCUT2D eigenvalue weighted by Gasteiger charge is 2.17. The summed E-state index contributed by atoms with van der Waals surface area (Å²) in [4.78, 5) is 2.53. The molecule has 1 aromatic heterocycles. The van der Waals surface area contributed by atoms with Gasteiger partial charge in [0.2, 0.25) is 10.0 Å². The van der Waals surface area contributed by atoms with Crippen LogP contribution in [0, 0.1) is 6.92 Å². The van der Waals surface area contributed by atoms with Gasteiger partial charge in [0, 0.05) is 18.0 Å². The molecule has 88 valence electrons. The van der Waals surface area contributed by atoms with E-state index in [1.807, 2.05) is 6.92 Å². The van der Waals surface area contributed by atoms with Gasteiger partial charge >= 0.3 is 0 Å². The fourth-order valence-corrected chi connectivity index (χ4v) is 4.20. The average molecular weight is 325 g/mol. The Morgan fingerprint density at radius 3 is 2.88 bits per heavy atom. The van der Waals surface area contributed by atoms with Gasteiger partial charge in [-0.2, -0.15) is 0 Å². The molecule has 9 heteroatoms. The Balaban J connectivity index is 2.74. The van der Waals surface area contributed by atoms with Crippen molar-refractivity contribution in [1.29, 1.82) is 0 Å². The molecule has 1 aromatic rings. The summed E-state index contributed by atoms with van der Waals surface area (Å²) in [5.74, 6) is 0. The number of thiophene rings is 1. The van der Waals surface area contributed by atoms with E-state index in [9.17, 15) is 8.42 Å². The maximum absolute atomic E-state index is 11.7. The van der Waals surface area contributed by atoms with Crippen molar-refractivity contribution in [2.45, 2.75) is 11.1 Å². The van der Waals surface area contributed by atoms with E-state index >= 15 is 0 Å². The van der Waals surface area contributed by atoms with Gasteiger partial charge in [0.15, 0.2) is 0 Å². The summed E-state index contributed by atoms with van der Waals surface area (Å²) in [5.41, 5.74) is 8.90. The number of aryl methyl sites for hydroxylation is 1. The zero-order valence-electron chi connectivity index (χ0n) is 8.34. The van der Waals surface area contributed by atoms with Gasteiger partial charge in [0.25, 0.3) is 0 Å². The summed E-state index contributed by atoms with van der Waals surface area (Å²) in [7, 11) is -3.49. The van der Waals surface area contributed by atoms with Crippen LogP contribution in [0.15, 0.2) is 19.2 Å². The van der Waals surface area contributed by atoms with Crippen LogP contribution in [-0.2, 0) is 10.0 Å². The number of nitrogens with one attached hydrogen (secondary N) is 1. The fraction of sp³-hybridized carbons (Fsp3) is 0.429. The van der Waals surface area contributed by atoms with Crippen LogP contribution < -0.4 is 4.72 Å². The third-order valence-electron chi connectivity index (χ3n) is 1.67. The van der Waals surface area contributed by atoms with Crippen LogP contribution in [0.25, 0.3) is 10.4 Å². The largest absolute Gasteiger partial charge is 0.250 e. The maximum atomic E-state index is 11.7. The van der Waals surface area contributed by atoms with Crippen molar-refractivity contribution < 1.29 is 8.42 Å². The topological polar surface area (TPSA) is 94.9 Å². The Morgan fingerprint density at radius 2 is 2.38 bits per heavy atom. The van der Waals surface area contributed by atoms with Crippen LogP contribution in [0.2, 0.25) is 0 Å². The lowest BCUT2D eigenvalue weighted by atomic mass is 10.4. The summed E-state index contributed by atoms with van der Waals surface area (Å²) in [5, 5.41) is 3.24. The minimum absolute atomic E-state index is 0.0982. The van der Waals surface area contributed by atoms with E-state index in [1.165, 1.54) is 0 Å². The third-order valence-corrected chi connectivity index (χ3v) is 5.74. The van der Waals surface area contributed by atoms with Crippen molar-refractivity contribution in [3.05, 3.63) is 25.9 Å². The molecule has 1 heterocycles. The SMILES string of the molecule is Cc1cc(S(=O)(=O)NCCN=[N+]=[N-])sc1Br. The summed E-state index contributed by atoms with van der Waals surface area (Å²) in [6.45, 7) is 2.02. The van der Waals surface area contributed by atoms with Crippen molar-refractivity contribution in [3.63, 3.8) is 0 Å². The number of sulfonamides is 1. The molecule has 0 aliphatic carbocycles.